The number of phenolic OH excluding ortho intramolecular Hbond substituents is 2. The van der Waals surface area contributed by atoms with E-state index in [1.54, 1.807) is 6.07 Å². The van der Waals surface area contributed by atoms with Crippen molar-refractivity contribution in [1.29, 1.82) is 0 Å². The topological polar surface area (TPSA) is 105 Å². The Balaban J connectivity index is 1.69. The minimum atomic E-state index is -0.429. The summed E-state index contributed by atoms with van der Waals surface area (Å²) in [5, 5.41) is 23.1. The van der Waals surface area contributed by atoms with E-state index in [1.807, 2.05) is 11.8 Å². The van der Waals surface area contributed by atoms with Crippen LogP contribution in [0.4, 0.5) is 0 Å². The number of aromatic hydroxyl groups is 2. The fourth-order valence-electron chi connectivity index (χ4n) is 2.35. The largest absolute Gasteiger partial charge is 0.504 e. The summed E-state index contributed by atoms with van der Waals surface area (Å²) in [7, 11) is 0. The third-order valence-corrected chi connectivity index (χ3v) is 4.86. The van der Waals surface area contributed by atoms with Crippen LogP contribution in [0.15, 0.2) is 22.7 Å². The normalized spacial score (nSPS) is 19.8. The molecule has 112 valence electrons. The van der Waals surface area contributed by atoms with E-state index < -0.39 is 6.04 Å². The summed E-state index contributed by atoms with van der Waals surface area (Å²) in [5.41, 5.74) is 6.88. The highest BCUT2D eigenvalue weighted by Gasteiger charge is 2.24. The lowest BCUT2D eigenvalue weighted by atomic mass is 10.1. The van der Waals surface area contributed by atoms with E-state index in [2.05, 4.69) is 10.1 Å². The number of hydrogen-bond donors (Lipinski definition) is 3. The monoisotopic (exact) mass is 307 g/mol. The summed E-state index contributed by atoms with van der Waals surface area (Å²) >= 11 is 1.84. The Morgan fingerprint density at radius 3 is 2.95 bits per heavy atom. The van der Waals surface area contributed by atoms with Gasteiger partial charge in [-0.15, -0.1) is 0 Å². The van der Waals surface area contributed by atoms with E-state index in [9.17, 15) is 10.2 Å². The van der Waals surface area contributed by atoms with Crippen LogP contribution < -0.4 is 5.73 Å². The van der Waals surface area contributed by atoms with Gasteiger partial charge in [-0.2, -0.15) is 16.7 Å². The van der Waals surface area contributed by atoms with Crippen LogP contribution >= 0.6 is 11.8 Å². The number of thioether (sulfide) groups is 1. The third-order valence-electron chi connectivity index (χ3n) is 3.49. The molecule has 0 saturated carbocycles. The van der Waals surface area contributed by atoms with Crippen molar-refractivity contribution in [2.24, 2.45) is 5.73 Å². The van der Waals surface area contributed by atoms with Gasteiger partial charge in [0, 0.05) is 0 Å². The van der Waals surface area contributed by atoms with Gasteiger partial charge in [0.25, 0.3) is 0 Å². The van der Waals surface area contributed by atoms with Crippen LogP contribution in [0.3, 0.4) is 0 Å². The van der Waals surface area contributed by atoms with Crippen molar-refractivity contribution >= 4 is 11.8 Å². The third kappa shape index (κ3) is 3.14. The first-order valence-electron chi connectivity index (χ1n) is 6.85. The molecule has 7 heteroatoms. The maximum Gasteiger partial charge on any atom is 0.243 e. The predicted octanol–water partition coefficient (Wildman–Crippen LogP) is 2.29. The summed E-state index contributed by atoms with van der Waals surface area (Å²) in [4.78, 5) is 4.39. The van der Waals surface area contributed by atoms with E-state index in [0.717, 1.165) is 23.6 Å². The van der Waals surface area contributed by atoms with Gasteiger partial charge < -0.3 is 20.5 Å². The molecule has 6 nitrogen and oxygen atoms in total. The zero-order valence-electron chi connectivity index (χ0n) is 11.4. The van der Waals surface area contributed by atoms with Crippen LogP contribution in [0.1, 0.15) is 41.4 Å². The van der Waals surface area contributed by atoms with Crippen LogP contribution in [-0.4, -0.2) is 26.1 Å². The summed E-state index contributed by atoms with van der Waals surface area (Å²) in [5.74, 6) is 1.95. The zero-order chi connectivity index (χ0) is 14.8. The minimum absolute atomic E-state index is 0.148. The second-order valence-electron chi connectivity index (χ2n) is 5.13. The molecule has 0 aliphatic carbocycles. The summed E-state index contributed by atoms with van der Waals surface area (Å²) in [6, 6.07) is 4.20. The Hall–Kier alpha value is -1.73. The van der Waals surface area contributed by atoms with Gasteiger partial charge in [-0.3, -0.25) is 0 Å². The first-order valence-corrected chi connectivity index (χ1v) is 7.90. The van der Waals surface area contributed by atoms with Gasteiger partial charge in [-0.1, -0.05) is 11.2 Å². The Bertz CT molecular complexity index is 626. The molecule has 1 aliphatic heterocycles. The van der Waals surface area contributed by atoms with Crippen molar-refractivity contribution in [3.8, 4) is 11.5 Å². The fraction of sp³-hybridized carbons (Fsp3) is 0.429. The van der Waals surface area contributed by atoms with E-state index in [4.69, 9.17) is 10.3 Å². The minimum Gasteiger partial charge on any atom is -0.504 e. The molecule has 1 aliphatic rings. The molecule has 0 spiro atoms. The molecule has 2 unspecified atom stereocenters. The lowest BCUT2D eigenvalue weighted by Crippen LogP contribution is -2.14. The van der Waals surface area contributed by atoms with Crippen LogP contribution in [0.25, 0.3) is 0 Å². The fourth-order valence-corrected chi connectivity index (χ4v) is 3.54. The molecule has 3 rings (SSSR count). The lowest BCUT2D eigenvalue weighted by molar-refractivity contribution is 0.349. The van der Waals surface area contributed by atoms with Gasteiger partial charge in [0.05, 0.1) is 11.3 Å². The molecule has 21 heavy (non-hydrogen) atoms. The van der Waals surface area contributed by atoms with Crippen molar-refractivity contribution in [1.82, 2.24) is 10.1 Å². The summed E-state index contributed by atoms with van der Waals surface area (Å²) in [6.45, 7) is 0. The Labute approximate surface area is 126 Å². The molecule has 1 aromatic carbocycles. The van der Waals surface area contributed by atoms with Crippen molar-refractivity contribution in [2.75, 3.05) is 5.75 Å². The number of rotatable bonds is 4. The maximum absolute atomic E-state index is 9.49. The van der Waals surface area contributed by atoms with Gasteiger partial charge in [0.1, 0.15) is 0 Å². The van der Waals surface area contributed by atoms with Gasteiger partial charge >= 0.3 is 0 Å². The van der Waals surface area contributed by atoms with Gasteiger partial charge in [0.15, 0.2) is 17.3 Å². The number of aromatic nitrogens is 2. The standard InChI is InChI=1S/C14H17N3O3S/c15-9(6-8-3-4-10(18)11(19)7-8)14-16-13(17-20-14)12-2-1-5-21-12/h3-4,7,9,12,18-19H,1-2,5-6,15H2. The first kappa shape index (κ1) is 14.2. The number of nitrogens with two attached hydrogens (primary N) is 1. The molecule has 2 heterocycles. The smallest absolute Gasteiger partial charge is 0.243 e. The van der Waals surface area contributed by atoms with E-state index in [0.29, 0.717) is 17.6 Å². The molecule has 2 aromatic rings. The number of nitrogens with zero attached hydrogens (tertiary/aromatic N) is 2. The molecule has 1 saturated heterocycles. The van der Waals surface area contributed by atoms with E-state index >= 15 is 0 Å². The highest BCUT2D eigenvalue weighted by molar-refractivity contribution is 7.99. The van der Waals surface area contributed by atoms with Crippen LogP contribution in [0, 0.1) is 0 Å². The highest BCUT2D eigenvalue weighted by atomic mass is 32.2. The molecular weight excluding hydrogens is 290 g/mol. The van der Waals surface area contributed by atoms with Crippen molar-refractivity contribution in [3.05, 3.63) is 35.5 Å². The lowest BCUT2D eigenvalue weighted by Gasteiger charge is -2.07. The van der Waals surface area contributed by atoms with Crippen LogP contribution in [0.5, 0.6) is 11.5 Å². The first-order chi connectivity index (χ1) is 10.1. The molecule has 0 radical (unpaired) electrons. The number of phenols is 2. The molecule has 0 amide bonds. The second-order valence-corrected chi connectivity index (χ2v) is 6.44. The molecule has 0 bridgehead atoms. The van der Waals surface area contributed by atoms with E-state index in [-0.39, 0.29) is 11.5 Å². The van der Waals surface area contributed by atoms with Crippen molar-refractivity contribution < 1.29 is 14.7 Å². The van der Waals surface area contributed by atoms with Crippen LogP contribution in [0.2, 0.25) is 0 Å². The number of benzene rings is 1. The Morgan fingerprint density at radius 2 is 2.24 bits per heavy atom. The molecule has 1 aromatic heterocycles. The molecule has 4 N–H and O–H groups in total. The average Bonchev–Trinajstić information content (AvgIpc) is 3.12. The summed E-state index contributed by atoms with van der Waals surface area (Å²) in [6.07, 6.45) is 2.70. The molecule has 2 atom stereocenters. The van der Waals surface area contributed by atoms with Gasteiger partial charge in [0.2, 0.25) is 5.89 Å². The molecular formula is C14H17N3O3S. The average molecular weight is 307 g/mol. The van der Waals surface area contributed by atoms with Crippen molar-refractivity contribution in [3.63, 3.8) is 0 Å². The van der Waals surface area contributed by atoms with Gasteiger partial charge in [-0.25, -0.2) is 0 Å². The van der Waals surface area contributed by atoms with Gasteiger partial charge in [-0.05, 0) is 42.7 Å². The quantitative estimate of drug-likeness (QED) is 0.744. The predicted molar refractivity (Wildman–Crippen MR) is 79.1 cm³/mol. The zero-order valence-corrected chi connectivity index (χ0v) is 12.2. The molecule has 1 fully saturated rings. The maximum atomic E-state index is 9.49. The van der Waals surface area contributed by atoms with Crippen LogP contribution in [-0.2, 0) is 6.42 Å². The Morgan fingerprint density at radius 1 is 1.38 bits per heavy atom. The van der Waals surface area contributed by atoms with E-state index in [1.165, 1.54) is 18.6 Å². The highest BCUT2D eigenvalue weighted by Crippen LogP contribution is 2.38. The summed E-state index contributed by atoms with van der Waals surface area (Å²) < 4.78 is 5.25. The SMILES string of the molecule is NC(Cc1ccc(O)c(O)c1)c1nc(C2CCCS2)no1. The second kappa shape index (κ2) is 5.95. The number of hydrogen-bond acceptors (Lipinski definition) is 7. The van der Waals surface area contributed by atoms with Crippen molar-refractivity contribution in [2.45, 2.75) is 30.6 Å². The Kier molecular flexibility index (Phi) is 4.03.